The second kappa shape index (κ2) is 6.00. The van der Waals surface area contributed by atoms with Crippen molar-refractivity contribution in [2.75, 3.05) is 7.11 Å². The number of rotatable bonds is 2. The minimum atomic E-state index is 0.376. The van der Waals surface area contributed by atoms with Crippen LogP contribution < -0.4 is 4.74 Å². The lowest BCUT2D eigenvalue weighted by Gasteiger charge is -2.22. The van der Waals surface area contributed by atoms with Crippen molar-refractivity contribution in [3.8, 4) is 34.5 Å². The molecule has 130 valence electrons. The molecule has 0 amide bonds. The van der Waals surface area contributed by atoms with Gasteiger partial charge in [0, 0.05) is 16.5 Å². The normalized spacial score (nSPS) is 12.3. The Morgan fingerprint density at radius 3 is 2.52 bits per heavy atom. The summed E-state index contributed by atoms with van der Waals surface area (Å²) in [6.07, 6.45) is 1.77. The van der Waals surface area contributed by atoms with E-state index in [0.29, 0.717) is 11.4 Å². The summed E-state index contributed by atoms with van der Waals surface area (Å²) in [6.45, 7) is 0. The van der Waals surface area contributed by atoms with Gasteiger partial charge in [0.05, 0.1) is 18.5 Å². The quantitative estimate of drug-likeness (QED) is 0.560. The van der Waals surface area contributed by atoms with Gasteiger partial charge in [-0.3, -0.25) is 0 Å². The van der Waals surface area contributed by atoms with Gasteiger partial charge in [-0.05, 0) is 35.6 Å². The van der Waals surface area contributed by atoms with Crippen molar-refractivity contribution in [2.45, 2.75) is 12.8 Å². The molecule has 0 unspecified atom stereocenters. The summed E-state index contributed by atoms with van der Waals surface area (Å²) in [4.78, 5) is 8.29. The first-order valence-electron chi connectivity index (χ1n) is 8.98. The Hall–Kier alpha value is -3.58. The molecular formula is C23H17N3O. The molecule has 0 atom stereocenters. The zero-order chi connectivity index (χ0) is 18.4. The SMILES string of the molecule is COc1nc2c(c(-c3ccccc3)c1C#N)CCc1c-2[nH]c2ccccc12. The number of nitrogens with one attached hydrogen (secondary N) is 1. The average Bonchev–Trinajstić information content (AvgIpc) is 3.12. The van der Waals surface area contributed by atoms with Crippen LogP contribution >= 0.6 is 0 Å². The van der Waals surface area contributed by atoms with E-state index in [-0.39, 0.29) is 0 Å². The molecule has 4 aromatic rings. The second-order valence-corrected chi connectivity index (χ2v) is 6.70. The van der Waals surface area contributed by atoms with Gasteiger partial charge < -0.3 is 9.72 Å². The largest absolute Gasteiger partial charge is 0.480 e. The van der Waals surface area contributed by atoms with E-state index in [1.54, 1.807) is 7.11 Å². The standard InChI is InChI=1S/C23H17N3O/c1-27-23-18(13-24)20(14-7-3-2-4-8-14)17-12-11-16-15-9-5-6-10-19(15)25-21(16)22(17)26-23/h2-10,25H,11-12H2,1H3. The number of pyridine rings is 1. The number of aryl methyl sites for hydroxylation is 1. The number of H-pyrrole nitrogens is 1. The molecule has 2 aromatic heterocycles. The molecule has 27 heavy (non-hydrogen) atoms. The molecule has 0 bridgehead atoms. The minimum Gasteiger partial charge on any atom is -0.480 e. The van der Waals surface area contributed by atoms with Crippen molar-refractivity contribution >= 4 is 10.9 Å². The molecule has 0 spiro atoms. The molecule has 0 radical (unpaired) electrons. The predicted molar refractivity (Wildman–Crippen MR) is 106 cm³/mol. The lowest BCUT2D eigenvalue weighted by atomic mass is 9.85. The van der Waals surface area contributed by atoms with Gasteiger partial charge in [-0.25, -0.2) is 4.98 Å². The number of benzene rings is 2. The summed E-state index contributed by atoms with van der Waals surface area (Å²) < 4.78 is 5.51. The Labute approximate surface area is 157 Å². The van der Waals surface area contributed by atoms with E-state index < -0.39 is 0 Å². The van der Waals surface area contributed by atoms with Gasteiger partial charge in [0.25, 0.3) is 0 Å². The monoisotopic (exact) mass is 351 g/mol. The third-order valence-corrected chi connectivity index (χ3v) is 5.31. The molecule has 0 aliphatic heterocycles. The van der Waals surface area contributed by atoms with E-state index in [1.165, 1.54) is 10.9 Å². The zero-order valence-corrected chi connectivity index (χ0v) is 14.9. The first kappa shape index (κ1) is 15.7. The van der Waals surface area contributed by atoms with Crippen molar-refractivity contribution in [3.05, 3.63) is 71.3 Å². The maximum Gasteiger partial charge on any atom is 0.232 e. The molecule has 0 saturated carbocycles. The van der Waals surface area contributed by atoms with Crippen LogP contribution in [0.15, 0.2) is 54.6 Å². The third-order valence-electron chi connectivity index (χ3n) is 5.31. The molecule has 2 aromatic carbocycles. The number of nitrogens with zero attached hydrogens (tertiary/aromatic N) is 2. The van der Waals surface area contributed by atoms with Gasteiger partial charge >= 0.3 is 0 Å². The van der Waals surface area contributed by atoms with Crippen molar-refractivity contribution in [1.29, 1.82) is 5.26 Å². The maximum absolute atomic E-state index is 9.83. The number of nitriles is 1. The zero-order valence-electron chi connectivity index (χ0n) is 14.9. The molecule has 1 aliphatic carbocycles. The Morgan fingerprint density at radius 2 is 1.74 bits per heavy atom. The fraction of sp³-hybridized carbons (Fsp3) is 0.130. The number of hydrogen-bond donors (Lipinski definition) is 1. The van der Waals surface area contributed by atoms with Crippen LogP contribution in [0.1, 0.15) is 16.7 Å². The molecular weight excluding hydrogens is 334 g/mol. The Balaban J connectivity index is 1.87. The van der Waals surface area contributed by atoms with Crippen LogP contribution in [0.5, 0.6) is 5.88 Å². The van der Waals surface area contributed by atoms with Crippen LogP contribution in [-0.4, -0.2) is 17.1 Å². The smallest absolute Gasteiger partial charge is 0.232 e. The number of hydrogen-bond acceptors (Lipinski definition) is 3. The first-order valence-corrected chi connectivity index (χ1v) is 8.98. The molecule has 1 aliphatic rings. The molecule has 0 fully saturated rings. The minimum absolute atomic E-state index is 0.376. The summed E-state index contributed by atoms with van der Waals surface area (Å²) in [5.74, 6) is 0.376. The fourth-order valence-corrected chi connectivity index (χ4v) is 4.14. The van der Waals surface area contributed by atoms with Gasteiger partial charge in [-0.15, -0.1) is 0 Å². The number of fused-ring (bicyclic) bond motifs is 5. The molecule has 0 saturated heterocycles. The van der Waals surface area contributed by atoms with Crippen molar-refractivity contribution in [1.82, 2.24) is 9.97 Å². The maximum atomic E-state index is 9.83. The van der Waals surface area contributed by atoms with Crippen LogP contribution in [0, 0.1) is 11.3 Å². The lowest BCUT2D eigenvalue weighted by Crippen LogP contribution is -2.10. The summed E-state index contributed by atoms with van der Waals surface area (Å²) in [5.41, 5.74) is 7.90. The van der Waals surface area contributed by atoms with E-state index >= 15 is 0 Å². The van der Waals surface area contributed by atoms with Crippen molar-refractivity contribution in [3.63, 3.8) is 0 Å². The highest BCUT2D eigenvalue weighted by Gasteiger charge is 2.28. The highest BCUT2D eigenvalue weighted by molar-refractivity contribution is 5.93. The highest BCUT2D eigenvalue weighted by Crippen LogP contribution is 2.43. The van der Waals surface area contributed by atoms with E-state index in [2.05, 4.69) is 29.3 Å². The molecule has 5 rings (SSSR count). The van der Waals surface area contributed by atoms with Crippen molar-refractivity contribution in [2.24, 2.45) is 0 Å². The molecule has 1 N–H and O–H groups in total. The Kier molecular flexibility index (Phi) is 3.48. The third kappa shape index (κ3) is 2.25. The van der Waals surface area contributed by atoms with Gasteiger partial charge in [0.15, 0.2) is 0 Å². The summed E-state index contributed by atoms with van der Waals surface area (Å²) in [6, 6.07) is 20.7. The van der Waals surface area contributed by atoms with Crippen LogP contribution in [0.25, 0.3) is 33.4 Å². The number of ether oxygens (including phenoxy) is 1. The summed E-state index contributed by atoms with van der Waals surface area (Å²) >= 11 is 0. The van der Waals surface area contributed by atoms with Crippen LogP contribution in [0.4, 0.5) is 0 Å². The van der Waals surface area contributed by atoms with E-state index in [9.17, 15) is 5.26 Å². The summed E-state index contributed by atoms with van der Waals surface area (Å²) in [7, 11) is 1.57. The van der Waals surface area contributed by atoms with Crippen LogP contribution in [0.3, 0.4) is 0 Å². The number of aromatic amines is 1. The van der Waals surface area contributed by atoms with Gasteiger partial charge in [0.2, 0.25) is 5.88 Å². The lowest BCUT2D eigenvalue weighted by molar-refractivity contribution is 0.397. The van der Waals surface area contributed by atoms with Crippen molar-refractivity contribution < 1.29 is 4.74 Å². The second-order valence-electron chi connectivity index (χ2n) is 6.70. The summed E-state index contributed by atoms with van der Waals surface area (Å²) in [5, 5.41) is 11.1. The number of aromatic nitrogens is 2. The highest BCUT2D eigenvalue weighted by atomic mass is 16.5. The Morgan fingerprint density at radius 1 is 1.00 bits per heavy atom. The van der Waals surface area contributed by atoms with E-state index in [4.69, 9.17) is 9.72 Å². The topological polar surface area (TPSA) is 61.7 Å². The van der Waals surface area contributed by atoms with Gasteiger partial charge in [-0.2, -0.15) is 5.26 Å². The molecule has 4 heteroatoms. The van der Waals surface area contributed by atoms with Gasteiger partial charge in [-0.1, -0.05) is 48.5 Å². The fourth-order valence-electron chi connectivity index (χ4n) is 4.14. The Bertz CT molecular complexity index is 1220. The molecule has 2 heterocycles. The average molecular weight is 351 g/mol. The molecule has 4 nitrogen and oxygen atoms in total. The van der Waals surface area contributed by atoms with Crippen LogP contribution in [-0.2, 0) is 12.8 Å². The number of methoxy groups -OCH3 is 1. The van der Waals surface area contributed by atoms with Gasteiger partial charge in [0.1, 0.15) is 11.6 Å². The predicted octanol–water partition coefficient (Wildman–Crippen LogP) is 4.88. The van der Waals surface area contributed by atoms with Crippen LogP contribution in [0.2, 0.25) is 0 Å². The van der Waals surface area contributed by atoms with E-state index in [0.717, 1.165) is 46.4 Å². The number of para-hydroxylation sites is 1. The van der Waals surface area contributed by atoms with E-state index in [1.807, 2.05) is 36.4 Å². The first-order chi connectivity index (χ1) is 13.3.